The average molecular weight is 162 g/mol. The van der Waals surface area contributed by atoms with Crippen LogP contribution in [0, 0.1) is 11.8 Å². The fourth-order valence-electron chi connectivity index (χ4n) is 1.02. The van der Waals surface area contributed by atoms with Crippen LogP contribution in [0.25, 0.3) is 0 Å². The Kier molecular flexibility index (Phi) is 5.18. The van der Waals surface area contributed by atoms with Crippen molar-refractivity contribution in [3.05, 3.63) is 0 Å². The van der Waals surface area contributed by atoms with Gasteiger partial charge in [0.25, 0.3) is 0 Å². The lowest BCUT2D eigenvalue weighted by Crippen LogP contribution is -2.23. The molecule has 0 heterocycles. The number of rotatable bonds is 4. The molecule has 0 fully saturated rings. The Balaban J connectivity index is 3.76. The van der Waals surface area contributed by atoms with E-state index in [-0.39, 0.29) is 6.61 Å². The first-order valence-electron chi connectivity index (χ1n) is 3.92. The number of thiol groups is 1. The van der Waals surface area contributed by atoms with E-state index in [2.05, 4.69) is 33.4 Å². The molecule has 1 nitrogen and oxygen atoms in total. The summed E-state index contributed by atoms with van der Waals surface area (Å²) in [6.07, 6.45) is 1.02. The Morgan fingerprint density at radius 3 is 2.00 bits per heavy atom. The lowest BCUT2D eigenvalue weighted by atomic mass is 9.95. The SMILES string of the molecule is CC[C@@H](CO)[C@@H](S)C(C)C. The van der Waals surface area contributed by atoms with Crippen LogP contribution in [0.15, 0.2) is 0 Å². The quantitative estimate of drug-likeness (QED) is 0.605. The Bertz CT molecular complexity index is 79.3. The molecule has 0 aliphatic carbocycles. The summed E-state index contributed by atoms with van der Waals surface area (Å²) in [6, 6.07) is 0. The molecule has 0 amide bonds. The van der Waals surface area contributed by atoms with E-state index in [0.29, 0.717) is 17.1 Å². The van der Waals surface area contributed by atoms with Crippen molar-refractivity contribution in [1.82, 2.24) is 0 Å². The number of hydrogen-bond donors (Lipinski definition) is 2. The molecule has 0 unspecified atom stereocenters. The van der Waals surface area contributed by atoms with Gasteiger partial charge < -0.3 is 5.11 Å². The van der Waals surface area contributed by atoms with Crippen LogP contribution >= 0.6 is 12.6 Å². The first kappa shape index (κ1) is 10.3. The van der Waals surface area contributed by atoms with Crippen molar-refractivity contribution in [2.75, 3.05) is 6.61 Å². The third-order valence-electron chi connectivity index (χ3n) is 1.92. The van der Waals surface area contributed by atoms with Crippen molar-refractivity contribution in [3.63, 3.8) is 0 Å². The normalized spacial score (nSPS) is 17.4. The second-order valence-corrected chi connectivity index (χ2v) is 3.68. The van der Waals surface area contributed by atoms with Crippen LogP contribution in [0.2, 0.25) is 0 Å². The number of hydrogen-bond acceptors (Lipinski definition) is 2. The minimum atomic E-state index is 0.267. The Labute approximate surface area is 69.2 Å². The van der Waals surface area contributed by atoms with E-state index < -0.39 is 0 Å². The predicted octanol–water partition coefficient (Wildman–Crippen LogP) is 1.96. The lowest BCUT2D eigenvalue weighted by Gasteiger charge is -2.22. The maximum Gasteiger partial charge on any atom is 0.0469 e. The Hall–Kier alpha value is 0.310. The molecule has 0 bridgehead atoms. The largest absolute Gasteiger partial charge is 0.396 e. The molecule has 2 heteroatoms. The van der Waals surface area contributed by atoms with Crippen molar-refractivity contribution in [2.45, 2.75) is 32.4 Å². The predicted molar refractivity (Wildman–Crippen MR) is 48.5 cm³/mol. The standard InChI is InChI=1S/C8H18OS/c1-4-7(5-9)8(10)6(2)3/h6-10H,4-5H2,1-3H3/t7-,8-/m0/s1. The van der Waals surface area contributed by atoms with Gasteiger partial charge in [-0.15, -0.1) is 0 Å². The molecule has 10 heavy (non-hydrogen) atoms. The fourth-order valence-corrected chi connectivity index (χ4v) is 1.33. The van der Waals surface area contributed by atoms with Gasteiger partial charge in [-0.3, -0.25) is 0 Å². The van der Waals surface area contributed by atoms with E-state index in [9.17, 15) is 0 Å². The van der Waals surface area contributed by atoms with Gasteiger partial charge in [-0.05, 0) is 11.8 Å². The van der Waals surface area contributed by atoms with Gasteiger partial charge in [-0.25, -0.2) is 0 Å². The molecule has 1 N–H and O–H groups in total. The monoisotopic (exact) mass is 162 g/mol. The molecule has 0 aromatic heterocycles. The zero-order valence-corrected chi connectivity index (χ0v) is 7.94. The van der Waals surface area contributed by atoms with Gasteiger partial charge in [0, 0.05) is 11.9 Å². The van der Waals surface area contributed by atoms with Crippen molar-refractivity contribution < 1.29 is 5.11 Å². The van der Waals surface area contributed by atoms with Gasteiger partial charge >= 0.3 is 0 Å². The third-order valence-corrected chi connectivity index (χ3v) is 2.94. The maximum absolute atomic E-state index is 8.90. The summed E-state index contributed by atoms with van der Waals surface area (Å²) in [5.74, 6) is 0.920. The molecule has 0 rings (SSSR count). The molecular formula is C8H18OS. The smallest absolute Gasteiger partial charge is 0.0469 e. The molecule has 0 aliphatic heterocycles. The van der Waals surface area contributed by atoms with Crippen molar-refractivity contribution in [1.29, 1.82) is 0 Å². The van der Waals surface area contributed by atoms with Gasteiger partial charge in [-0.2, -0.15) is 12.6 Å². The van der Waals surface area contributed by atoms with Gasteiger partial charge in [0.1, 0.15) is 0 Å². The molecule has 0 radical (unpaired) electrons. The number of aliphatic hydroxyl groups is 1. The molecule has 0 spiro atoms. The molecule has 62 valence electrons. The van der Waals surface area contributed by atoms with Gasteiger partial charge in [0.15, 0.2) is 0 Å². The van der Waals surface area contributed by atoms with Crippen LogP contribution in [-0.2, 0) is 0 Å². The van der Waals surface area contributed by atoms with E-state index in [1.165, 1.54) is 0 Å². The summed E-state index contributed by atoms with van der Waals surface area (Å²) >= 11 is 4.42. The van der Waals surface area contributed by atoms with Gasteiger partial charge in [0.05, 0.1) is 0 Å². The van der Waals surface area contributed by atoms with Crippen LogP contribution in [0.1, 0.15) is 27.2 Å². The highest BCUT2D eigenvalue weighted by atomic mass is 32.1. The van der Waals surface area contributed by atoms with E-state index in [0.717, 1.165) is 6.42 Å². The highest BCUT2D eigenvalue weighted by Crippen LogP contribution is 2.20. The second-order valence-electron chi connectivity index (χ2n) is 3.09. The van der Waals surface area contributed by atoms with Crippen molar-refractivity contribution in [2.24, 2.45) is 11.8 Å². The van der Waals surface area contributed by atoms with Crippen LogP contribution < -0.4 is 0 Å². The molecule has 0 saturated carbocycles. The third kappa shape index (κ3) is 2.93. The van der Waals surface area contributed by atoms with E-state index in [4.69, 9.17) is 5.11 Å². The topological polar surface area (TPSA) is 20.2 Å². The Morgan fingerprint density at radius 2 is 1.90 bits per heavy atom. The summed E-state index contributed by atoms with van der Waals surface area (Å²) in [5.41, 5.74) is 0. The highest BCUT2D eigenvalue weighted by Gasteiger charge is 2.17. The van der Waals surface area contributed by atoms with E-state index in [1.54, 1.807) is 0 Å². The highest BCUT2D eigenvalue weighted by molar-refractivity contribution is 7.81. The van der Waals surface area contributed by atoms with Crippen LogP contribution in [0.4, 0.5) is 0 Å². The Morgan fingerprint density at radius 1 is 1.40 bits per heavy atom. The van der Waals surface area contributed by atoms with Crippen molar-refractivity contribution >= 4 is 12.6 Å². The summed E-state index contributed by atoms with van der Waals surface area (Å²) in [5, 5.41) is 9.24. The maximum atomic E-state index is 8.90. The summed E-state index contributed by atoms with van der Waals surface area (Å²) in [4.78, 5) is 0. The average Bonchev–Trinajstić information content (AvgIpc) is 1.90. The molecule has 2 atom stereocenters. The minimum Gasteiger partial charge on any atom is -0.396 e. The first-order chi connectivity index (χ1) is 4.63. The van der Waals surface area contributed by atoms with Crippen molar-refractivity contribution in [3.8, 4) is 0 Å². The van der Waals surface area contributed by atoms with Gasteiger partial charge in [-0.1, -0.05) is 27.2 Å². The molecule has 0 aromatic rings. The first-order valence-corrected chi connectivity index (χ1v) is 4.44. The summed E-state index contributed by atoms with van der Waals surface area (Å²) in [6.45, 7) is 6.63. The molecule has 0 aromatic carbocycles. The van der Waals surface area contributed by atoms with Gasteiger partial charge in [0.2, 0.25) is 0 Å². The second kappa shape index (κ2) is 5.03. The molecule has 0 aliphatic rings. The summed E-state index contributed by atoms with van der Waals surface area (Å²) in [7, 11) is 0. The zero-order valence-electron chi connectivity index (χ0n) is 7.04. The van der Waals surface area contributed by atoms with E-state index in [1.807, 2.05) is 0 Å². The number of aliphatic hydroxyl groups excluding tert-OH is 1. The fraction of sp³-hybridized carbons (Fsp3) is 1.00. The van der Waals surface area contributed by atoms with E-state index >= 15 is 0 Å². The lowest BCUT2D eigenvalue weighted by molar-refractivity contribution is 0.208. The van der Waals surface area contributed by atoms with Crippen LogP contribution in [0.5, 0.6) is 0 Å². The molecule has 0 saturated heterocycles. The minimum absolute atomic E-state index is 0.267. The van der Waals surface area contributed by atoms with Crippen LogP contribution in [-0.4, -0.2) is 17.0 Å². The van der Waals surface area contributed by atoms with Crippen LogP contribution in [0.3, 0.4) is 0 Å². The zero-order chi connectivity index (χ0) is 8.15. The summed E-state index contributed by atoms with van der Waals surface area (Å²) < 4.78 is 0. The molecular weight excluding hydrogens is 144 g/mol.